The van der Waals surface area contributed by atoms with Crippen LogP contribution in [0.5, 0.6) is 0 Å². The van der Waals surface area contributed by atoms with Gasteiger partial charge in [-0.2, -0.15) is 0 Å². The molecule has 0 bridgehead atoms. The van der Waals surface area contributed by atoms with Crippen molar-refractivity contribution < 1.29 is 4.79 Å². The molecule has 2 aromatic carbocycles. The summed E-state index contributed by atoms with van der Waals surface area (Å²) in [6, 6.07) is 8.44. The van der Waals surface area contributed by atoms with E-state index in [-0.39, 0.29) is 5.91 Å². The van der Waals surface area contributed by atoms with E-state index in [0.717, 1.165) is 10.0 Å². The van der Waals surface area contributed by atoms with Crippen LogP contribution in [0.2, 0.25) is 15.1 Å². The number of carbonyl (C=O) groups is 1. The number of benzene rings is 2. The van der Waals surface area contributed by atoms with Crippen LogP contribution in [0.3, 0.4) is 0 Å². The van der Waals surface area contributed by atoms with E-state index >= 15 is 0 Å². The van der Waals surface area contributed by atoms with Crippen LogP contribution in [-0.4, -0.2) is 5.91 Å². The van der Waals surface area contributed by atoms with Crippen LogP contribution in [0, 0.1) is 6.92 Å². The molecule has 0 aromatic heterocycles. The Kier molecular flexibility index (Phi) is 4.97. The highest BCUT2D eigenvalue weighted by Crippen LogP contribution is 2.34. The number of rotatable bonds is 2. The molecule has 2 nitrogen and oxygen atoms in total. The van der Waals surface area contributed by atoms with Crippen LogP contribution in [0.25, 0.3) is 0 Å². The Hall–Kier alpha value is -0.740. The molecule has 0 unspecified atom stereocenters. The van der Waals surface area contributed by atoms with Gasteiger partial charge in [-0.15, -0.1) is 0 Å². The average Bonchev–Trinajstić information content (AvgIpc) is 2.36. The quantitative estimate of drug-likeness (QED) is 0.669. The lowest BCUT2D eigenvalue weighted by molar-refractivity contribution is 0.102. The summed E-state index contributed by atoms with van der Waals surface area (Å²) in [5.74, 6) is -0.282. The average molecular weight is 393 g/mol. The summed E-state index contributed by atoms with van der Waals surface area (Å²) in [6.45, 7) is 1.85. The van der Waals surface area contributed by atoms with Gasteiger partial charge in [0, 0.05) is 15.1 Å². The van der Waals surface area contributed by atoms with Gasteiger partial charge in [-0.05, 0) is 36.8 Å². The number of nitrogens with one attached hydrogen (secondary N) is 1. The normalized spacial score (nSPS) is 10.4. The van der Waals surface area contributed by atoms with Crippen molar-refractivity contribution in [2.24, 2.45) is 0 Å². The van der Waals surface area contributed by atoms with Gasteiger partial charge >= 0.3 is 0 Å². The van der Waals surface area contributed by atoms with Crippen molar-refractivity contribution in [1.82, 2.24) is 0 Å². The van der Waals surface area contributed by atoms with Crippen molar-refractivity contribution >= 4 is 62.3 Å². The predicted molar refractivity (Wildman–Crippen MR) is 88.3 cm³/mol. The van der Waals surface area contributed by atoms with Gasteiger partial charge in [0.05, 0.1) is 15.7 Å². The van der Waals surface area contributed by atoms with E-state index in [1.54, 1.807) is 12.1 Å². The molecule has 1 amide bonds. The summed E-state index contributed by atoms with van der Waals surface area (Å²) >= 11 is 21.3. The van der Waals surface area contributed by atoms with Gasteiger partial charge in [-0.3, -0.25) is 4.79 Å². The molecule has 0 saturated carbocycles. The van der Waals surface area contributed by atoms with Crippen molar-refractivity contribution in [3.63, 3.8) is 0 Å². The van der Waals surface area contributed by atoms with Gasteiger partial charge in [-0.1, -0.05) is 56.8 Å². The second-order valence-corrected chi connectivity index (χ2v) is 6.22. The third-order valence-electron chi connectivity index (χ3n) is 2.76. The zero-order valence-electron chi connectivity index (χ0n) is 10.3. The fraction of sp³-hybridized carbons (Fsp3) is 0.0714. The third kappa shape index (κ3) is 3.29. The summed E-state index contributed by atoms with van der Waals surface area (Å²) in [7, 11) is 0. The molecule has 2 aromatic rings. The SMILES string of the molecule is Cc1c(Br)cccc1C(=O)Nc1c(Cl)cc(Cl)cc1Cl. The van der Waals surface area contributed by atoms with E-state index in [1.165, 1.54) is 12.1 Å². The molecule has 0 atom stereocenters. The van der Waals surface area contributed by atoms with Crippen LogP contribution in [0.1, 0.15) is 15.9 Å². The highest BCUT2D eigenvalue weighted by molar-refractivity contribution is 9.10. The second kappa shape index (κ2) is 6.35. The highest BCUT2D eigenvalue weighted by Gasteiger charge is 2.15. The Morgan fingerprint density at radius 3 is 2.35 bits per heavy atom. The van der Waals surface area contributed by atoms with E-state index in [4.69, 9.17) is 34.8 Å². The van der Waals surface area contributed by atoms with Crippen LogP contribution in [0.15, 0.2) is 34.8 Å². The van der Waals surface area contributed by atoms with Gasteiger partial charge < -0.3 is 5.32 Å². The Balaban J connectivity index is 2.36. The van der Waals surface area contributed by atoms with Crippen molar-refractivity contribution in [1.29, 1.82) is 0 Å². The van der Waals surface area contributed by atoms with Crippen molar-refractivity contribution in [2.75, 3.05) is 5.32 Å². The summed E-state index contributed by atoms with van der Waals surface area (Å²) in [5, 5.41) is 3.71. The van der Waals surface area contributed by atoms with E-state index in [1.807, 2.05) is 13.0 Å². The third-order valence-corrected chi connectivity index (χ3v) is 4.43. The van der Waals surface area contributed by atoms with E-state index in [0.29, 0.717) is 26.3 Å². The maximum Gasteiger partial charge on any atom is 0.256 e. The van der Waals surface area contributed by atoms with E-state index in [9.17, 15) is 4.79 Å². The molecule has 0 radical (unpaired) electrons. The fourth-order valence-corrected chi connectivity index (χ4v) is 2.97. The molecule has 0 aliphatic heterocycles. The van der Waals surface area contributed by atoms with E-state index in [2.05, 4.69) is 21.2 Å². The lowest BCUT2D eigenvalue weighted by atomic mass is 10.1. The Labute approximate surface area is 140 Å². The van der Waals surface area contributed by atoms with Gasteiger partial charge in [-0.25, -0.2) is 0 Å². The first kappa shape index (κ1) is 15.6. The predicted octanol–water partition coefficient (Wildman–Crippen LogP) is 5.97. The van der Waals surface area contributed by atoms with Crippen molar-refractivity contribution in [3.05, 3.63) is 61.0 Å². The number of hydrogen-bond donors (Lipinski definition) is 1. The topological polar surface area (TPSA) is 29.1 Å². The molecule has 20 heavy (non-hydrogen) atoms. The molecule has 104 valence electrons. The van der Waals surface area contributed by atoms with Crippen molar-refractivity contribution in [3.8, 4) is 0 Å². The minimum absolute atomic E-state index is 0.282. The number of carbonyl (C=O) groups excluding carboxylic acids is 1. The molecular weight excluding hydrogens is 384 g/mol. The first-order valence-corrected chi connectivity index (χ1v) is 7.54. The molecule has 0 aliphatic carbocycles. The molecular formula is C14H9BrCl3NO. The van der Waals surface area contributed by atoms with Crippen molar-refractivity contribution in [2.45, 2.75) is 6.92 Å². The Bertz CT molecular complexity index is 665. The molecule has 0 heterocycles. The second-order valence-electron chi connectivity index (χ2n) is 4.11. The van der Waals surface area contributed by atoms with Crippen LogP contribution in [-0.2, 0) is 0 Å². The van der Waals surface area contributed by atoms with Crippen LogP contribution >= 0.6 is 50.7 Å². The number of halogens is 4. The smallest absolute Gasteiger partial charge is 0.256 e. The maximum absolute atomic E-state index is 12.3. The summed E-state index contributed by atoms with van der Waals surface area (Å²) in [5.41, 5.74) is 1.73. The number of amides is 1. The lowest BCUT2D eigenvalue weighted by Gasteiger charge is -2.12. The zero-order valence-corrected chi connectivity index (χ0v) is 14.2. The van der Waals surface area contributed by atoms with Crippen LogP contribution in [0.4, 0.5) is 5.69 Å². The summed E-state index contributed by atoms with van der Waals surface area (Å²) in [4.78, 5) is 12.3. The minimum atomic E-state index is -0.282. The molecule has 0 spiro atoms. The zero-order chi connectivity index (χ0) is 14.9. The molecule has 6 heteroatoms. The summed E-state index contributed by atoms with van der Waals surface area (Å²) in [6.07, 6.45) is 0. The largest absolute Gasteiger partial charge is 0.319 e. The monoisotopic (exact) mass is 391 g/mol. The first-order chi connectivity index (χ1) is 9.40. The lowest BCUT2D eigenvalue weighted by Crippen LogP contribution is -2.14. The molecule has 2 rings (SSSR count). The fourth-order valence-electron chi connectivity index (χ4n) is 1.70. The van der Waals surface area contributed by atoms with Gasteiger partial charge in [0.1, 0.15) is 0 Å². The Morgan fingerprint density at radius 2 is 1.75 bits per heavy atom. The molecule has 0 saturated heterocycles. The van der Waals surface area contributed by atoms with Gasteiger partial charge in [0.15, 0.2) is 0 Å². The molecule has 1 N–H and O–H groups in total. The summed E-state index contributed by atoms with van der Waals surface area (Å²) < 4.78 is 0.860. The standard InChI is InChI=1S/C14H9BrCl3NO/c1-7-9(3-2-4-10(7)15)14(20)19-13-11(17)5-8(16)6-12(13)18/h2-6H,1H3,(H,19,20). The first-order valence-electron chi connectivity index (χ1n) is 5.61. The highest BCUT2D eigenvalue weighted by atomic mass is 79.9. The number of anilines is 1. The Morgan fingerprint density at radius 1 is 1.15 bits per heavy atom. The maximum atomic E-state index is 12.3. The van der Waals surface area contributed by atoms with Crippen LogP contribution < -0.4 is 5.32 Å². The van der Waals surface area contributed by atoms with Gasteiger partial charge in [0.25, 0.3) is 5.91 Å². The van der Waals surface area contributed by atoms with E-state index < -0.39 is 0 Å². The molecule has 0 fully saturated rings. The number of hydrogen-bond acceptors (Lipinski definition) is 1. The van der Waals surface area contributed by atoms with Gasteiger partial charge in [0.2, 0.25) is 0 Å². The minimum Gasteiger partial charge on any atom is -0.319 e. The molecule has 0 aliphatic rings.